The van der Waals surface area contributed by atoms with Crippen LogP contribution >= 0.6 is 0 Å². The second-order valence-corrected chi connectivity index (χ2v) is 4.19. The Morgan fingerprint density at radius 2 is 2.00 bits per heavy atom. The highest BCUT2D eigenvalue weighted by atomic mass is 16.5. The van der Waals surface area contributed by atoms with Crippen LogP contribution in [-0.2, 0) is 0 Å². The number of urea groups is 1. The summed E-state index contributed by atoms with van der Waals surface area (Å²) in [6, 6.07) is 10.8. The summed E-state index contributed by atoms with van der Waals surface area (Å²) in [4.78, 5) is 15.8. The Kier molecular flexibility index (Phi) is 2.79. The first kappa shape index (κ1) is 11.5. The third-order valence-corrected chi connectivity index (χ3v) is 3.05. The van der Waals surface area contributed by atoms with Crippen LogP contribution in [0.15, 0.2) is 42.6 Å². The molecule has 2 aromatic rings. The molecule has 1 aromatic carbocycles. The van der Waals surface area contributed by atoms with Crippen molar-refractivity contribution in [3.8, 4) is 11.6 Å². The molecule has 0 saturated heterocycles. The van der Waals surface area contributed by atoms with Gasteiger partial charge in [-0.1, -0.05) is 18.2 Å². The Morgan fingerprint density at radius 3 is 2.84 bits per heavy atom. The Hall–Kier alpha value is -2.56. The van der Waals surface area contributed by atoms with Gasteiger partial charge in [-0.3, -0.25) is 0 Å². The van der Waals surface area contributed by atoms with Crippen molar-refractivity contribution in [2.45, 2.75) is 6.04 Å². The summed E-state index contributed by atoms with van der Waals surface area (Å²) in [5.74, 6) is 1.25. The molecule has 0 fully saturated rings. The number of fused-ring (bicyclic) bond motifs is 2. The lowest BCUT2D eigenvalue weighted by atomic mass is 9.96. The van der Waals surface area contributed by atoms with Crippen LogP contribution in [0, 0.1) is 0 Å². The largest absolute Gasteiger partial charge is 0.438 e. The molecule has 1 aliphatic rings. The Bertz CT molecular complexity index is 582. The van der Waals surface area contributed by atoms with E-state index < -0.39 is 0 Å². The molecule has 5 heteroatoms. The number of benzene rings is 1. The minimum Gasteiger partial charge on any atom is -0.438 e. The number of hydrogen-bond donors (Lipinski definition) is 2. The van der Waals surface area contributed by atoms with Crippen LogP contribution in [0.5, 0.6) is 11.6 Å². The number of ether oxygens (including phenoxy) is 1. The molecule has 1 atom stereocenters. The number of nitrogens with zero attached hydrogens (tertiary/aromatic N) is 1. The quantitative estimate of drug-likeness (QED) is 0.821. The second kappa shape index (κ2) is 4.61. The van der Waals surface area contributed by atoms with Gasteiger partial charge in [0.15, 0.2) is 0 Å². The van der Waals surface area contributed by atoms with Crippen LogP contribution in [0.25, 0.3) is 0 Å². The van der Waals surface area contributed by atoms with Gasteiger partial charge in [0.25, 0.3) is 0 Å². The zero-order valence-electron chi connectivity index (χ0n) is 10.4. The van der Waals surface area contributed by atoms with Gasteiger partial charge >= 0.3 is 6.03 Å². The molecular formula is C14H13N3O2. The molecule has 0 spiro atoms. The number of hydrogen-bond acceptors (Lipinski definition) is 3. The predicted molar refractivity (Wildman–Crippen MR) is 70.2 cm³/mol. The maximum Gasteiger partial charge on any atom is 0.315 e. The third-order valence-electron chi connectivity index (χ3n) is 3.05. The monoisotopic (exact) mass is 255 g/mol. The lowest BCUT2D eigenvalue weighted by Crippen LogP contribution is -2.37. The fourth-order valence-corrected chi connectivity index (χ4v) is 2.15. The molecule has 1 unspecified atom stereocenters. The number of nitrogens with one attached hydrogen (secondary N) is 2. The highest BCUT2D eigenvalue weighted by Gasteiger charge is 2.28. The molecule has 19 heavy (non-hydrogen) atoms. The van der Waals surface area contributed by atoms with Crippen molar-refractivity contribution in [2.24, 2.45) is 0 Å². The van der Waals surface area contributed by atoms with Crippen molar-refractivity contribution in [1.29, 1.82) is 0 Å². The summed E-state index contributed by atoms with van der Waals surface area (Å²) in [7, 11) is 1.59. The minimum atomic E-state index is -0.256. The van der Waals surface area contributed by atoms with Gasteiger partial charge < -0.3 is 15.4 Å². The van der Waals surface area contributed by atoms with E-state index in [1.165, 1.54) is 0 Å². The van der Waals surface area contributed by atoms with Gasteiger partial charge in [-0.25, -0.2) is 9.78 Å². The van der Waals surface area contributed by atoms with Gasteiger partial charge in [-0.15, -0.1) is 0 Å². The van der Waals surface area contributed by atoms with Crippen LogP contribution in [0.4, 0.5) is 4.79 Å². The molecule has 3 rings (SSSR count). The van der Waals surface area contributed by atoms with Crippen molar-refractivity contribution < 1.29 is 9.53 Å². The summed E-state index contributed by atoms with van der Waals surface area (Å²) in [5, 5.41) is 5.47. The van der Waals surface area contributed by atoms with Crippen LogP contribution < -0.4 is 15.4 Å². The normalized spacial score (nSPS) is 15.7. The van der Waals surface area contributed by atoms with Crippen LogP contribution in [0.1, 0.15) is 17.2 Å². The average molecular weight is 255 g/mol. The fraction of sp³-hybridized carbons (Fsp3) is 0.143. The van der Waals surface area contributed by atoms with E-state index in [-0.39, 0.29) is 12.1 Å². The number of amides is 2. The number of carbonyl (C=O) groups excluding carboxylic acids is 1. The van der Waals surface area contributed by atoms with Crippen molar-refractivity contribution in [1.82, 2.24) is 15.6 Å². The molecule has 2 heterocycles. The van der Waals surface area contributed by atoms with Crippen molar-refractivity contribution in [2.75, 3.05) is 7.05 Å². The standard InChI is InChI=1S/C14H13N3O2/c1-15-14(18)17-12-9-5-2-3-7-11(9)19-13-10(12)6-4-8-16-13/h2-8,12H,1H3,(H2,15,17,18). The van der Waals surface area contributed by atoms with Crippen LogP contribution in [-0.4, -0.2) is 18.1 Å². The van der Waals surface area contributed by atoms with E-state index >= 15 is 0 Å². The van der Waals surface area contributed by atoms with Crippen molar-refractivity contribution in [3.05, 3.63) is 53.7 Å². The Labute approximate surface area is 110 Å². The summed E-state index contributed by atoms with van der Waals surface area (Å²) < 4.78 is 5.74. The molecule has 2 N–H and O–H groups in total. The van der Waals surface area contributed by atoms with Gasteiger partial charge in [-0.05, 0) is 18.2 Å². The number of para-hydroxylation sites is 1. The van der Waals surface area contributed by atoms with Gasteiger partial charge in [0.05, 0.1) is 6.04 Å². The minimum absolute atomic E-state index is 0.239. The van der Waals surface area contributed by atoms with Crippen LogP contribution in [0.3, 0.4) is 0 Å². The van der Waals surface area contributed by atoms with E-state index in [4.69, 9.17) is 4.74 Å². The summed E-state index contributed by atoms with van der Waals surface area (Å²) in [5.41, 5.74) is 1.77. The van der Waals surface area contributed by atoms with E-state index in [1.807, 2.05) is 36.4 Å². The van der Waals surface area contributed by atoms with Gasteiger partial charge in [0.1, 0.15) is 5.75 Å². The number of aromatic nitrogens is 1. The average Bonchev–Trinajstić information content (AvgIpc) is 2.46. The SMILES string of the molecule is CNC(=O)NC1c2ccccc2Oc2ncccc21. The van der Waals surface area contributed by atoms with Gasteiger partial charge in [0, 0.05) is 24.4 Å². The van der Waals surface area contributed by atoms with E-state index in [9.17, 15) is 4.79 Å². The molecule has 5 nitrogen and oxygen atoms in total. The third kappa shape index (κ3) is 1.99. The fourth-order valence-electron chi connectivity index (χ4n) is 2.15. The first-order valence-corrected chi connectivity index (χ1v) is 5.99. The molecule has 96 valence electrons. The smallest absolute Gasteiger partial charge is 0.315 e. The number of rotatable bonds is 1. The maximum atomic E-state index is 11.6. The first-order valence-electron chi connectivity index (χ1n) is 5.99. The summed E-state index contributed by atoms with van der Waals surface area (Å²) in [6.45, 7) is 0. The van der Waals surface area contributed by atoms with Crippen molar-refractivity contribution >= 4 is 6.03 Å². The van der Waals surface area contributed by atoms with E-state index in [0.29, 0.717) is 5.88 Å². The van der Waals surface area contributed by atoms with Gasteiger partial charge in [0.2, 0.25) is 5.88 Å². The van der Waals surface area contributed by atoms with E-state index in [0.717, 1.165) is 16.9 Å². The van der Waals surface area contributed by atoms with Crippen molar-refractivity contribution in [3.63, 3.8) is 0 Å². The van der Waals surface area contributed by atoms with Gasteiger partial charge in [-0.2, -0.15) is 0 Å². The highest BCUT2D eigenvalue weighted by Crippen LogP contribution is 2.41. The predicted octanol–water partition coefficient (Wildman–Crippen LogP) is 2.21. The molecule has 0 bridgehead atoms. The van der Waals surface area contributed by atoms with E-state index in [2.05, 4.69) is 15.6 Å². The van der Waals surface area contributed by atoms with Crippen LogP contribution in [0.2, 0.25) is 0 Å². The molecular weight excluding hydrogens is 242 g/mol. The lowest BCUT2D eigenvalue weighted by Gasteiger charge is -2.27. The molecule has 0 aliphatic carbocycles. The second-order valence-electron chi connectivity index (χ2n) is 4.19. The summed E-state index contributed by atoms with van der Waals surface area (Å²) >= 11 is 0. The Morgan fingerprint density at radius 1 is 1.21 bits per heavy atom. The maximum absolute atomic E-state index is 11.6. The highest BCUT2D eigenvalue weighted by molar-refractivity contribution is 5.75. The zero-order chi connectivity index (χ0) is 13.2. The molecule has 1 aromatic heterocycles. The lowest BCUT2D eigenvalue weighted by molar-refractivity contribution is 0.240. The molecule has 0 radical (unpaired) electrons. The summed E-state index contributed by atoms with van der Waals surface area (Å²) in [6.07, 6.45) is 1.67. The zero-order valence-corrected chi connectivity index (χ0v) is 10.4. The number of carbonyl (C=O) groups is 1. The molecule has 0 saturated carbocycles. The Balaban J connectivity index is 2.08. The molecule has 1 aliphatic heterocycles. The number of pyridine rings is 1. The first-order chi connectivity index (χ1) is 9.29. The van der Waals surface area contributed by atoms with E-state index in [1.54, 1.807) is 13.2 Å². The topological polar surface area (TPSA) is 63.2 Å². The molecule has 2 amide bonds.